The fourth-order valence-electron chi connectivity index (χ4n) is 5.07. The molecule has 2 aromatic rings. The quantitative estimate of drug-likeness (QED) is 0.835. The molecule has 2 heterocycles. The molecular weight excluding hydrogens is 380 g/mol. The minimum atomic E-state index is -0.358. The van der Waals surface area contributed by atoms with Crippen LogP contribution in [0, 0.1) is 6.92 Å². The molecule has 1 saturated carbocycles. The van der Waals surface area contributed by atoms with E-state index >= 15 is 0 Å². The molecule has 1 saturated heterocycles. The van der Waals surface area contributed by atoms with Gasteiger partial charge in [-0.15, -0.1) is 0 Å². The van der Waals surface area contributed by atoms with E-state index in [1.807, 2.05) is 49.0 Å². The SMILES string of the molecule is CC(=O)N[C@@H]1CCCC[C@@]12CN(Cc1c(C)n(C)n(-c3ccccc3)c1=O)CCO2. The van der Waals surface area contributed by atoms with Crippen molar-refractivity contribution >= 4 is 5.91 Å². The van der Waals surface area contributed by atoms with E-state index in [-0.39, 0.29) is 23.1 Å². The first-order valence-corrected chi connectivity index (χ1v) is 10.9. The molecule has 1 N–H and O–H groups in total. The van der Waals surface area contributed by atoms with E-state index in [1.165, 1.54) is 0 Å². The first kappa shape index (κ1) is 20.9. The number of hydrogen-bond donors (Lipinski definition) is 1. The molecule has 2 aliphatic rings. The molecule has 1 aliphatic carbocycles. The number of aromatic nitrogens is 2. The van der Waals surface area contributed by atoms with Gasteiger partial charge in [-0.2, -0.15) is 0 Å². The van der Waals surface area contributed by atoms with E-state index in [0.29, 0.717) is 13.2 Å². The monoisotopic (exact) mass is 412 g/mol. The molecule has 2 fully saturated rings. The highest BCUT2D eigenvalue weighted by molar-refractivity contribution is 5.73. The molecule has 0 radical (unpaired) electrons. The fraction of sp³-hybridized carbons (Fsp3) is 0.565. The molecule has 2 atom stereocenters. The van der Waals surface area contributed by atoms with Crippen molar-refractivity contribution in [2.45, 2.75) is 57.7 Å². The van der Waals surface area contributed by atoms with Gasteiger partial charge < -0.3 is 10.1 Å². The second-order valence-corrected chi connectivity index (χ2v) is 8.66. The van der Waals surface area contributed by atoms with Gasteiger partial charge in [-0.3, -0.25) is 19.2 Å². The van der Waals surface area contributed by atoms with E-state index in [9.17, 15) is 9.59 Å². The lowest BCUT2D eigenvalue weighted by molar-refractivity contribution is -0.150. The van der Waals surface area contributed by atoms with Crippen LogP contribution in [0.3, 0.4) is 0 Å². The van der Waals surface area contributed by atoms with Gasteiger partial charge in [-0.05, 0) is 31.9 Å². The van der Waals surface area contributed by atoms with Gasteiger partial charge in [0, 0.05) is 39.3 Å². The average molecular weight is 413 g/mol. The topological polar surface area (TPSA) is 68.5 Å². The molecule has 0 unspecified atom stereocenters. The van der Waals surface area contributed by atoms with Crippen LogP contribution in [-0.4, -0.2) is 51.5 Å². The zero-order chi connectivity index (χ0) is 21.3. The largest absolute Gasteiger partial charge is 0.370 e. The molecule has 1 aromatic carbocycles. The fourth-order valence-corrected chi connectivity index (χ4v) is 5.07. The predicted molar refractivity (Wildman–Crippen MR) is 116 cm³/mol. The van der Waals surface area contributed by atoms with Gasteiger partial charge >= 0.3 is 0 Å². The number of rotatable bonds is 4. The number of amides is 1. The predicted octanol–water partition coefficient (Wildman–Crippen LogP) is 2.13. The molecule has 0 bridgehead atoms. The number of carbonyl (C=O) groups excluding carboxylic acids is 1. The molecule has 1 aromatic heterocycles. The summed E-state index contributed by atoms with van der Waals surface area (Å²) < 4.78 is 9.97. The molecule has 30 heavy (non-hydrogen) atoms. The standard InChI is InChI=1S/C23H32N4O3/c1-17-20(22(29)27(25(17)3)19-9-5-4-6-10-19)15-26-13-14-30-23(16-26)12-8-7-11-21(23)24-18(2)28/h4-6,9-10,21H,7-8,11-16H2,1-3H3,(H,24,28)/t21-,23-/m1/s1. The normalized spacial score (nSPS) is 24.8. The third kappa shape index (κ3) is 3.84. The maximum Gasteiger partial charge on any atom is 0.276 e. The molecule has 1 spiro atoms. The van der Waals surface area contributed by atoms with E-state index in [2.05, 4.69) is 10.2 Å². The van der Waals surface area contributed by atoms with Crippen LogP contribution in [0.15, 0.2) is 35.1 Å². The Balaban J connectivity index is 1.59. The number of nitrogens with one attached hydrogen (secondary N) is 1. The number of morpholine rings is 1. The summed E-state index contributed by atoms with van der Waals surface area (Å²) in [7, 11) is 1.93. The Morgan fingerprint density at radius 2 is 2.03 bits per heavy atom. The van der Waals surface area contributed by atoms with Crippen LogP contribution < -0.4 is 10.9 Å². The Bertz CT molecular complexity index is 961. The molecule has 162 valence electrons. The Morgan fingerprint density at radius 3 is 2.77 bits per heavy atom. The van der Waals surface area contributed by atoms with Crippen LogP contribution in [0.5, 0.6) is 0 Å². The Hall–Kier alpha value is -2.38. The minimum Gasteiger partial charge on any atom is -0.370 e. The van der Waals surface area contributed by atoms with Gasteiger partial charge in [0.15, 0.2) is 0 Å². The summed E-state index contributed by atoms with van der Waals surface area (Å²) in [5.41, 5.74) is 2.35. The van der Waals surface area contributed by atoms with Crippen LogP contribution in [0.1, 0.15) is 43.9 Å². The molecule has 7 nitrogen and oxygen atoms in total. The van der Waals surface area contributed by atoms with Crippen LogP contribution in [-0.2, 0) is 23.1 Å². The third-order valence-electron chi connectivity index (χ3n) is 6.70. The van der Waals surface area contributed by atoms with E-state index in [1.54, 1.807) is 11.6 Å². The van der Waals surface area contributed by atoms with Gasteiger partial charge in [0.25, 0.3) is 5.56 Å². The van der Waals surface area contributed by atoms with Gasteiger partial charge in [0.1, 0.15) is 5.60 Å². The van der Waals surface area contributed by atoms with Crippen LogP contribution in [0.2, 0.25) is 0 Å². The summed E-state index contributed by atoms with van der Waals surface area (Å²) in [4.78, 5) is 27.4. The molecule has 7 heteroatoms. The Morgan fingerprint density at radius 1 is 1.27 bits per heavy atom. The lowest BCUT2D eigenvalue weighted by atomic mass is 9.78. The first-order chi connectivity index (χ1) is 14.4. The second-order valence-electron chi connectivity index (χ2n) is 8.66. The van der Waals surface area contributed by atoms with Crippen molar-refractivity contribution in [3.63, 3.8) is 0 Å². The van der Waals surface area contributed by atoms with E-state index < -0.39 is 0 Å². The smallest absolute Gasteiger partial charge is 0.276 e. The molecular formula is C23H32N4O3. The van der Waals surface area contributed by atoms with Crippen LogP contribution >= 0.6 is 0 Å². The van der Waals surface area contributed by atoms with Crippen molar-refractivity contribution in [1.82, 2.24) is 19.6 Å². The maximum absolute atomic E-state index is 13.3. The van der Waals surface area contributed by atoms with E-state index in [0.717, 1.165) is 55.7 Å². The summed E-state index contributed by atoms with van der Waals surface area (Å²) >= 11 is 0. The van der Waals surface area contributed by atoms with Crippen molar-refractivity contribution < 1.29 is 9.53 Å². The zero-order valence-corrected chi connectivity index (χ0v) is 18.2. The van der Waals surface area contributed by atoms with Crippen LogP contribution in [0.25, 0.3) is 5.69 Å². The number of benzene rings is 1. The summed E-state index contributed by atoms with van der Waals surface area (Å²) in [6.45, 7) is 6.31. The van der Waals surface area contributed by atoms with Crippen molar-refractivity contribution in [3.05, 3.63) is 51.9 Å². The van der Waals surface area contributed by atoms with Crippen molar-refractivity contribution in [2.24, 2.45) is 7.05 Å². The minimum absolute atomic E-state index is 0.00773. The van der Waals surface area contributed by atoms with Crippen molar-refractivity contribution in [3.8, 4) is 5.69 Å². The van der Waals surface area contributed by atoms with E-state index in [4.69, 9.17) is 4.74 Å². The number of nitrogens with zero attached hydrogens (tertiary/aromatic N) is 3. The third-order valence-corrected chi connectivity index (χ3v) is 6.70. The summed E-state index contributed by atoms with van der Waals surface area (Å²) in [5, 5.41) is 3.12. The molecule has 1 amide bonds. The van der Waals surface area contributed by atoms with Gasteiger partial charge in [-0.25, -0.2) is 4.68 Å². The summed E-state index contributed by atoms with van der Waals surface area (Å²) in [5.74, 6) is -0.00773. The highest BCUT2D eigenvalue weighted by Crippen LogP contribution is 2.35. The van der Waals surface area contributed by atoms with Crippen molar-refractivity contribution in [2.75, 3.05) is 19.7 Å². The number of ether oxygens (including phenoxy) is 1. The van der Waals surface area contributed by atoms with Gasteiger partial charge in [0.05, 0.1) is 23.9 Å². The Kier molecular flexibility index (Phi) is 5.84. The lowest BCUT2D eigenvalue weighted by Gasteiger charge is -2.49. The lowest BCUT2D eigenvalue weighted by Crippen LogP contribution is -2.63. The van der Waals surface area contributed by atoms with Gasteiger partial charge in [0.2, 0.25) is 5.91 Å². The second kappa shape index (κ2) is 8.40. The summed E-state index contributed by atoms with van der Waals surface area (Å²) in [6.07, 6.45) is 4.10. The average Bonchev–Trinajstić information content (AvgIpc) is 2.94. The highest BCUT2D eigenvalue weighted by atomic mass is 16.5. The Labute approximate surface area is 177 Å². The molecule has 1 aliphatic heterocycles. The number of para-hydroxylation sites is 1. The molecule has 4 rings (SSSR count). The maximum atomic E-state index is 13.3. The number of carbonyl (C=O) groups is 1. The zero-order valence-electron chi connectivity index (χ0n) is 18.2. The van der Waals surface area contributed by atoms with Crippen molar-refractivity contribution in [1.29, 1.82) is 0 Å². The number of hydrogen-bond acceptors (Lipinski definition) is 4. The summed E-state index contributed by atoms with van der Waals surface area (Å²) in [6, 6.07) is 9.78. The first-order valence-electron chi connectivity index (χ1n) is 10.9. The van der Waals surface area contributed by atoms with Gasteiger partial charge in [-0.1, -0.05) is 31.0 Å². The van der Waals surface area contributed by atoms with Crippen LogP contribution in [0.4, 0.5) is 0 Å². The highest BCUT2D eigenvalue weighted by Gasteiger charge is 2.45.